The zero-order valence-corrected chi connectivity index (χ0v) is 29.6. The third kappa shape index (κ3) is 5.33. The lowest BCUT2D eigenvalue weighted by molar-refractivity contribution is -0.187. The van der Waals surface area contributed by atoms with E-state index in [0.717, 1.165) is 25.7 Å². The van der Waals surface area contributed by atoms with Gasteiger partial charge in [0.15, 0.2) is 17.7 Å². The van der Waals surface area contributed by atoms with Crippen LogP contribution in [0.3, 0.4) is 0 Å². The van der Waals surface area contributed by atoms with Gasteiger partial charge in [0.05, 0.1) is 25.9 Å². The van der Waals surface area contributed by atoms with Gasteiger partial charge in [-0.25, -0.2) is 0 Å². The molecule has 4 N–H and O–H groups in total. The third-order valence-corrected chi connectivity index (χ3v) is 14.3. The number of fused-ring (bicyclic) bond motifs is 2. The van der Waals surface area contributed by atoms with Crippen LogP contribution in [0.1, 0.15) is 87.0 Å². The highest BCUT2D eigenvalue weighted by atomic mass is 16.6. The molecule has 2 spiro atoms. The van der Waals surface area contributed by atoms with E-state index in [0.29, 0.717) is 12.8 Å². The summed E-state index contributed by atoms with van der Waals surface area (Å²) in [6.07, 6.45) is -0.917. The van der Waals surface area contributed by atoms with Crippen molar-refractivity contribution in [2.24, 2.45) is 57.2 Å². The van der Waals surface area contributed by atoms with Gasteiger partial charge in [-0.2, -0.15) is 0 Å². The van der Waals surface area contributed by atoms with Crippen LogP contribution >= 0.6 is 0 Å². The molecule has 5 aliphatic carbocycles. The van der Waals surface area contributed by atoms with Crippen LogP contribution < -0.4 is 0 Å². The minimum atomic E-state index is -1.39. The van der Waals surface area contributed by atoms with Crippen molar-refractivity contribution in [1.82, 2.24) is 0 Å². The summed E-state index contributed by atoms with van der Waals surface area (Å²) in [5.74, 6) is -3.35. The van der Waals surface area contributed by atoms with Crippen molar-refractivity contribution in [2.75, 3.05) is 19.8 Å². The summed E-state index contributed by atoms with van der Waals surface area (Å²) in [7, 11) is 0. The highest BCUT2D eigenvalue weighted by Gasteiger charge is 2.85. The van der Waals surface area contributed by atoms with E-state index in [2.05, 4.69) is 20.4 Å². The predicted molar refractivity (Wildman–Crippen MR) is 173 cm³/mol. The fraction of sp³-hybridized carbons (Fsp3) is 0.838. The number of esters is 2. The van der Waals surface area contributed by atoms with Gasteiger partial charge in [-0.1, -0.05) is 41.2 Å². The summed E-state index contributed by atoms with van der Waals surface area (Å²) in [5, 5.41) is 41.1. The number of rotatable bonds is 12. The quantitative estimate of drug-likeness (QED) is 0.177. The summed E-state index contributed by atoms with van der Waals surface area (Å²) in [5.41, 5.74) is -1.42. The summed E-state index contributed by atoms with van der Waals surface area (Å²) < 4.78 is 17.4. The Kier molecular flexibility index (Phi) is 9.93. The molecule has 0 aliphatic heterocycles. The summed E-state index contributed by atoms with van der Waals surface area (Å²) in [6, 6.07) is 0. The first-order valence-electron chi connectivity index (χ1n) is 17.7. The van der Waals surface area contributed by atoms with Crippen molar-refractivity contribution in [3.8, 4) is 0 Å². The molecule has 0 heterocycles. The number of aliphatic hydroxyl groups is 4. The number of Topliss-reactive ketones (excluding diaryl/α,β-unsaturated/α-hetero) is 2. The highest BCUT2D eigenvalue weighted by Crippen LogP contribution is 2.88. The minimum Gasteiger partial charge on any atom is -0.462 e. The molecular weight excluding hydrogens is 620 g/mol. The molecule has 5 fully saturated rings. The first-order chi connectivity index (χ1) is 22.3. The number of carbonyl (C=O) groups excluding carboxylic acids is 4. The van der Waals surface area contributed by atoms with Crippen LogP contribution in [0.2, 0.25) is 0 Å². The van der Waals surface area contributed by atoms with Gasteiger partial charge in [0, 0.05) is 42.9 Å². The normalized spacial score (nSPS) is 43.7. The van der Waals surface area contributed by atoms with Gasteiger partial charge < -0.3 is 34.6 Å². The van der Waals surface area contributed by atoms with Gasteiger partial charge >= 0.3 is 11.9 Å². The second kappa shape index (κ2) is 12.9. The van der Waals surface area contributed by atoms with E-state index in [9.17, 15) is 34.5 Å². The monoisotopic (exact) mass is 676 g/mol. The molecular formula is C37H56O11. The second-order valence-electron chi connectivity index (χ2n) is 16.5. The van der Waals surface area contributed by atoms with Crippen LogP contribution in [-0.4, -0.2) is 94.3 Å². The van der Waals surface area contributed by atoms with E-state index in [1.54, 1.807) is 6.92 Å². The number of carbonyl (C=O) groups is 4. The number of hydrogen-bond acceptors (Lipinski definition) is 11. The van der Waals surface area contributed by atoms with Crippen LogP contribution in [0.25, 0.3) is 0 Å². The zero-order chi connectivity index (χ0) is 35.7. The molecule has 5 rings (SSSR count). The molecule has 0 aromatic carbocycles. The van der Waals surface area contributed by atoms with E-state index >= 15 is 0 Å². The second-order valence-corrected chi connectivity index (χ2v) is 16.5. The zero-order valence-electron chi connectivity index (χ0n) is 29.6. The van der Waals surface area contributed by atoms with Crippen molar-refractivity contribution < 1.29 is 53.8 Å². The molecule has 5 unspecified atom stereocenters. The fourth-order valence-corrected chi connectivity index (χ4v) is 12.0. The molecule has 0 aromatic rings. The standard InChI is InChI=1S/C37H56O11/c1-18(15-46-16-24(41)14-38)19(2)30(43)32(48-23(6)40)21(4)28-26(47-22(5)39)13-35(8)27-10-9-25-20(3)29(42)31(44)33(45)37(25)17-36(27,37)12-11-34(28,35)7/h18,20-21,24-28,31-33,38,41,44-45H,2,9-17H2,1,3-8H3/t18-,20-,21-,24?,25?,26-,27?,28-,31?,32+,33?,34+,35-,36-,37+/m0/s1. The molecule has 11 heteroatoms. The molecule has 5 aliphatic rings. The summed E-state index contributed by atoms with van der Waals surface area (Å²) >= 11 is 0. The lowest BCUT2D eigenvalue weighted by Gasteiger charge is -2.62. The maximum Gasteiger partial charge on any atom is 0.303 e. The van der Waals surface area contributed by atoms with Crippen LogP contribution in [0, 0.1) is 57.2 Å². The summed E-state index contributed by atoms with van der Waals surface area (Å²) in [4.78, 5) is 52.1. The Hall–Kier alpha value is -2.18. The molecule has 270 valence electrons. The van der Waals surface area contributed by atoms with Crippen molar-refractivity contribution >= 4 is 23.5 Å². The van der Waals surface area contributed by atoms with Crippen molar-refractivity contribution in [3.05, 3.63) is 12.2 Å². The Bertz CT molecular complexity index is 1330. The number of ether oxygens (including phenoxy) is 3. The summed E-state index contributed by atoms with van der Waals surface area (Å²) in [6.45, 7) is 16.1. The largest absolute Gasteiger partial charge is 0.462 e. The molecule has 0 amide bonds. The van der Waals surface area contributed by atoms with Gasteiger partial charge in [-0.05, 0) is 72.2 Å². The van der Waals surface area contributed by atoms with E-state index in [-0.39, 0.29) is 59.1 Å². The van der Waals surface area contributed by atoms with Gasteiger partial charge in [0.25, 0.3) is 0 Å². The van der Waals surface area contributed by atoms with Crippen molar-refractivity contribution in [2.45, 2.75) is 118 Å². The Morgan fingerprint density at radius 2 is 1.69 bits per heavy atom. The Morgan fingerprint density at radius 3 is 2.29 bits per heavy atom. The van der Waals surface area contributed by atoms with Crippen LogP contribution in [-0.2, 0) is 33.4 Å². The van der Waals surface area contributed by atoms with Gasteiger partial charge in [-0.3, -0.25) is 19.2 Å². The maximum absolute atomic E-state index is 14.1. The van der Waals surface area contributed by atoms with Crippen molar-refractivity contribution in [3.63, 3.8) is 0 Å². The Labute approximate surface area is 283 Å². The predicted octanol–water partition coefficient (Wildman–Crippen LogP) is 2.79. The topological polar surface area (TPSA) is 177 Å². The van der Waals surface area contributed by atoms with Gasteiger partial charge in [0.1, 0.15) is 18.3 Å². The Balaban J connectivity index is 1.47. The number of aliphatic hydroxyl groups excluding tert-OH is 4. The average molecular weight is 677 g/mol. The SMILES string of the molecule is C=C(C(=O)[C@H](OC(C)=O)[C@@H](C)[C@H]1[C@@H](OC(C)=O)C[C@@]2(C)C3CCC4[C@H](C)C(=O)C(O)C(O)[C@@]45C[C@@]35CC[C@]12C)[C@@H](C)COCC(O)CO. The maximum atomic E-state index is 14.1. The molecule has 11 nitrogen and oxygen atoms in total. The number of ketones is 2. The van der Waals surface area contributed by atoms with Gasteiger partial charge in [-0.15, -0.1) is 0 Å². The molecule has 0 saturated heterocycles. The van der Waals surface area contributed by atoms with E-state index < -0.39 is 77.5 Å². The fourth-order valence-electron chi connectivity index (χ4n) is 12.0. The molecule has 0 aromatic heterocycles. The third-order valence-electron chi connectivity index (χ3n) is 14.3. The number of hydrogen-bond donors (Lipinski definition) is 4. The van der Waals surface area contributed by atoms with E-state index in [1.807, 2.05) is 13.8 Å². The lowest BCUT2D eigenvalue weighted by Crippen LogP contribution is -2.62. The molecule has 5 saturated carbocycles. The van der Waals surface area contributed by atoms with Crippen LogP contribution in [0.5, 0.6) is 0 Å². The highest BCUT2D eigenvalue weighted by molar-refractivity contribution is 5.99. The van der Waals surface area contributed by atoms with E-state index in [1.165, 1.54) is 13.8 Å². The van der Waals surface area contributed by atoms with Crippen LogP contribution in [0.15, 0.2) is 12.2 Å². The molecule has 15 atom stereocenters. The minimum absolute atomic E-state index is 0.00264. The molecule has 0 bridgehead atoms. The molecule has 0 radical (unpaired) electrons. The Morgan fingerprint density at radius 1 is 1.02 bits per heavy atom. The van der Waals surface area contributed by atoms with Crippen LogP contribution in [0.4, 0.5) is 0 Å². The lowest BCUT2D eigenvalue weighted by atomic mass is 9.42. The average Bonchev–Trinajstić information content (AvgIpc) is 3.66. The van der Waals surface area contributed by atoms with Gasteiger partial charge in [0.2, 0.25) is 0 Å². The first-order valence-corrected chi connectivity index (χ1v) is 17.7. The van der Waals surface area contributed by atoms with Crippen molar-refractivity contribution in [1.29, 1.82) is 0 Å². The van der Waals surface area contributed by atoms with E-state index in [4.69, 9.17) is 19.3 Å². The first kappa shape index (κ1) is 37.1. The molecule has 48 heavy (non-hydrogen) atoms. The smallest absolute Gasteiger partial charge is 0.303 e.